The van der Waals surface area contributed by atoms with E-state index in [4.69, 9.17) is 4.74 Å². The zero-order chi connectivity index (χ0) is 19.4. The molecule has 0 aliphatic carbocycles. The molecule has 1 N–H and O–H groups in total. The molecule has 0 spiro atoms. The third kappa shape index (κ3) is 4.43. The van der Waals surface area contributed by atoms with Crippen molar-refractivity contribution >= 4 is 29.6 Å². The van der Waals surface area contributed by atoms with Crippen LogP contribution in [0, 0.1) is 5.82 Å². The number of rotatable bonds is 5. The quantitative estimate of drug-likeness (QED) is 0.870. The van der Waals surface area contributed by atoms with E-state index in [2.05, 4.69) is 15.3 Å². The van der Waals surface area contributed by atoms with E-state index in [1.165, 1.54) is 42.7 Å². The van der Waals surface area contributed by atoms with Gasteiger partial charge in [-0.25, -0.2) is 23.5 Å². The number of nitrogens with one attached hydrogen (secondary N) is 1. The molecule has 1 aromatic carbocycles. The molecule has 1 atom stereocenters. The highest BCUT2D eigenvalue weighted by atomic mass is 19.1. The Morgan fingerprint density at radius 2 is 2.15 bits per heavy atom. The van der Waals surface area contributed by atoms with Crippen LogP contribution in [-0.4, -0.2) is 41.2 Å². The van der Waals surface area contributed by atoms with Crippen LogP contribution in [0.2, 0.25) is 0 Å². The van der Waals surface area contributed by atoms with E-state index in [1.807, 2.05) is 0 Å². The average Bonchev–Trinajstić information content (AvgIpc) is 3.03. The Labute approximate surface area is 153 Å². The fourth-order valence-corrected chi connectivity index (χ4v) is 2.54. The first-order valence-electron chi connectivity index (χ1n) is 8.09. The van der Waals surface area contributed by atoms with E-state index in [0.717, 1.165) is 12.1 Å². The summed E-state index contributed by atoms with van der Waals surface area (Å²) in [6.07, 6.45) is 3.68. The standard InChI is InChI=1S/C18H16F2N4O3/c1-11(25)23-8-15-9-24(18(26)27-15)14-3-2-12(17(20)5-14)4-16(19)13-6-21-10-22-7-13/h2-7,10,15H,8-9H2,1H3,(H,23,25)/t15-/m0/s1. The van der Waals surface area contributed by atoms with Gasteiger partial charge in [0.1, 0.15) is 24.1 Å². The van der Waals surface area contributed by atoms with Crippen LogP contribution in [-0.2, 0) is 9.53 Å². The minimum Gasteiger partial charge on any atom is -0.442 e. The summed E-state index contributed by atoms with van der Waals surface area (Å²) in [6, 6.07) is 3.98. The lowest BCUT2D eigenvalue weighted by atomic mass is 10.1. The molecule has 1 aromatic heterocycles. The Morgan fingerprint density at radius 3 is 2.81 bits per heavy atom. The number of hydrogen-bond acceptors (Lipinski definition) is 5. The summed E-state index contributed by atoms with van der Waals surface area (Å²) in [5.41, 5.74) is 0.427. The number of nitrogens with zero attached hydrogens (tertiary/aromatic N) is 3. The maximum atomic E-state index is 14.4. The smallest absolute Gasteiger partial charge is 0.414 e. The van der Waals surface area contributed by atoms with Crippen LogP contribution in [0.5, 0.6) is 0 Å². The molecule has 0 bridgehead atoms. The molecule has 27 heavy (non-hydrogen) atoms. The highest BCUT2D eigenvalue weighted by Gasteiger charge is 2.32. The first-order valence-corrected chi connectivity index (χ1v) is 8.09. The molecule has 1 saturated heterocycles. The van der Waals surface area contributed by atoms with E-state index < -0.39 is 23.8 Å². The van der Waals surface area contributed by atoms with Crippen molar-refractivity contribution in [3.63, 3.8) is 0 Å². The number of anilines is 1. The summed E-state index contributed by atoms with van der Waals surface area (Å²) in [6.45, 7) is 1.70. The number of aromatic nitrogens is 2. The van der Waals surface area contributed by atoms with Crippen molar-refractivity contribution < 1.29 is 23.1 Å². The van der Waals surface area contributed by atoms with Crippen molar-refractivity contribution in [2.24, 2.45) is 0 Å². The monoisotopic (exact) mass is 374 g/mol. The molecule has 0 saturated carbocycles. The molecule has 1 aliphatic heterocycles. The lowest BCUT2D eigenvalue weighted by molar-refractivity contribution is -0.119. The molecule has 9 heteroatoms. The number of benzene rings is 1. The Balaban J connectivity index is 1.75. The summed E-state index contributed by atoms with van der Waals surface area (Å²) in [4.78, 5) is 31.6. The molecular formula is C18H16F2N4O3. The molecule has 2 amide bonds. The van der Waals surface area contributed by atoms with Crippen LogP contribution in [0.15, 0.2) is 36.9 Å². The van der Waals surface area contributed by atoms with E-state index in [0.29, 0.717) is 0 Å². The van der Waals surface area contributed by atoms with Gasteiger partial charge in [-0.15, -0.1) is 0 Å². The van der Waals surface area contributed by atoms with Crippen molar-refractivity contribution in [1.82, 2.24) is 15.3 Å². The predicted molar refractivity (Wildman–Crippen MR) is 93.7 cm³/mol. The minimum atomic E-state index is -0.697. The van der Waals surface area contributed by atoms with E-state index in [-0.39, 0.29) is 35.8 Å². The van der Waals surface area contributed by atoms with E-state index in [9.17, 15) is 18.4 Å². The lowest BCUT2D eigenvalue weighted by Gasteiger charge is -2.14. The van der Waals surface area contributed by atoms with Crippen LogP contribution in [0.25, 0.3) is 11.9 Å². The second-order valence-corrected chi connectivity index (χ2v) is 5.88. The predicted octanol–water partition coefficient (Wildman–Crippen LogP) is 2.54. The highest BCUT2D eigenvalue weighted by Crippen LogP contribution is 2.26. The van der Waals surface area contributed by atoms with Crippen LogP contribution in [0.1, 0.15) is 18.1 Å². The summed E-state index contributed by atoms with van der Waals surface area (Å²) in [5.74, 6) is -1.62. The molecule has 2 heterocycles. The van der Waals surface area contributed by atoms with E-state index in [1.54, 1.807) is 0 Å². The van der Waals surface area contributed by atoms with Crippen molar-refractivity contribution in [1.29, 1.82) is 0 Å². The second kappa shape index (κ2) is 7.90. The molecule has 2 aromatic rings. The van der Waals surface area contributed by atoms with Gasteiger partial charge in [0, 0.05) is 30.4 Å². The maximum Gasteiger partial charge on any atom is 0.414 e. The Bertz CT molecular complexity index is 889. The third-order valence-electron chi connectivity index (χ3n) is 3.87. The van der Waals surface area contributed by atoms with Crippen LogP contribution < -0.4 is 10.2 Å². The van der Waals surface area contributed by atoms with Gasteiger partial charge in [0.25, 0.3) is 0 Å². The normalized spacial score (nSPS) is 17.0. The highest BCUT2D eigenvalue weighted by molar-refractivity contribution is 5.90. The fraction of sp³-hybridized carbons (Fsp3) is 0.222. The molecule has 0 radical (unpaired) electrons. The van der Waals surface area contributed by atoms with Crippen molar-refractivity contribution in [2.45, 2.75) is 13.0 Å². The number of carbonyl (C=O) groups excluding carboxylic acids is 2. The SMILES string of the molecule is CC(=O)NC[C@H]1CN(c2ccc(C=C(F)c3cncnc3)c(F)c2)C(=O)O1. The summed E-state index contributed by atoms with van der Waals surface area (Å²) < 4.78 is 33.7. The van der Waals surface area contributed by atoms with Gasteiger partial charge in [-0.05, 0) is 24.3 Å². The topological polar surface area (TPSA) is 84.4 Å². The number of cyclic esters (lactones) is 1. The molecule has 3 rings (SSSR count). The van der Waals surface area contributed by atoms with Gasteiger partial charge >= 0.3 is 6.09 Å². The van der Waals surface area contributed by atoms with Crippen LogP contribution in [0.3, 0.4) is 0 Å². The number of ether oxygens (including phenoxy) is 1. The molecule has 1 fully saturated rings. The maximum absolute atomic E-state index is 14.4. The lowest BCUT2D eigenvalue weighted by Crippen LogP contribution is -2.33. The van der Waals surface area contributed by atoms with Gasteiger partial charge < -0.3 is 10.1 Å². The summed E-state index contributed by atoms with van der Waals surface area (Å²) in [7, 11) is 0. The molecule has 140 valence electrons. The van der Waals surface area contributed by atoms with Gasteiger partial charge in [0.15, 0.2) is 0 Å². The first-order chi connectivity index (χ1) is 12.9. The zero-order valence-corrected chi connectivity index (χ0v) is 14.4. The summed E-state index contributed by atoms with van der Waals surface area (Å²) >= 11 is 0. The molecule has 1 aliphatic rings. The van der Waals surface area contributed by atoms with Gasteiger partial charge in [0.05, 0.1) is 18.8 Å². The third-order valence-corrected chi connectivity index (χ3v) is 3.87. The van der Waals surface area contributed by atoms with Crippen molar-refractivity contribution in [3.8, 4) is 0 Å². The van der Waals surface area contributed by atoms with Crippen molar-refractivity contribution in [2.75, 3.05) is 18.0 Å². The Morgan fingerprint density at radius 1 is 1.41 bits per heavy atom. The van der Waals surface area contributed by atoms with Gasteiger partial charge in [-0.1, -0.05) is 0 Å². The summed E-state index contributed by atoms with van der Waals surface area (Å²) in [5, 5.41) is 2.56. The van der Waals surface area contributed by atoms with Crippen LogP contribution in [0.4, 0.5) is 19.3 Å². The van der Waals surface area contributed by atoms with E-state index >= 15 is 0 Å². The average molecular weight is 374 g/mol. The minimum absolute atomic E-state index is 0.0162. The molecule has 7 nitrogen and oxygen atoms in total. The number of carbonyl (C=O) groups is 2. The van der Waals surface area contributed by atoms with Gasteiger partial charge in [-0.3, -0.25) is 9.69 Å². The number of halogens is 2. The largest absolute Gasteiger partial charge is 0.442 e. The van der Waals surface area contributed by atoms with Crippen molar-refractivity contribution in [3.05, 3.63) is 53.9 Å². The molecular weight excluding hydrogens is 358 g/mol. The first kappa shape index (κ1) is 18.4. The number of amides is 2. The second-order valence-electron chi connectivity index (χ2n) is 5.88. The van der Waals surface area contributed by atoms with Gasteiger partial charge in [-0.2, -0.15) is 0 Å². The zero-order valence-electron chi connectivity index (χ0n) is 14.4. The molecule has 0 unspecified atom stereocenters. The number of hydrogen-bond donors (Lipinski definition) is 1. The Hall–Kier alpha value is -3.36. The van der Waals surface area contributed by atoms with Gasteiger partial charge in [0.2, 0.25) is 5.91 Å². The Kier molecular flexibility index (Phi) is 5.39. The fourth-order valence-electron chi connectivity index (χ4n) is 2.54. The van der Waals surface area contributed by atoms with Crippen LogP contribution >= 0.6 is 0 Å².